The molecule has 2 atom stereocenters. The number of hydrogen-bond acceptors (Lipinski definition) is 9. The molecule has 0 saturated heterocycles. The van der Waals surface area contributed by atoms with Crippen molar-refractivity contribution >= 4 is 51.8 Å². The van der Waals surface area contributed by atoms with Crippen molar-refractivity contribution in [2.45, 2.75) is 52.0 Å². The minimum absolute atomic E-state index is 0.0734. The van der Waals surface area contributed by atoms with Crippen LogP contribution in [0.1, 0.15) is 39.7 Å². The highest BCUT2D eigenvalue weighted by molar-refractivity contribution is 7.87. The number of allylic oxidation sites excluding steroid dienone is 1. The molecule has 0 aromatic heterocycles. The summed E-state index contributed by atoms with van der Waals surface area (Å²) >= 11 is 0. The summed E-state index contributed by atoms with van der Waals surface area (Å²) in [5.41, 5.74) is 1.11. The van der Waals surface area contributed by atoms with E-state index in [0.29, 0.717) is 16.2 Å². The van der Waals surface area contributed by atoms with Crippen LogP contribution in [0.4, 0.5) is 5.69 Å². The molecule has 0 fully saturated rings. The lowest BCUT2D eigenvalue weighted by Gasteiger charge is -2.24. The van der Waals surface area contributed by atoms with E-state index in [-0.39, 0.29) is 13.0 Å². The number of rotatable bonds is 15. The quantitative estimate of drug-likeness (QED) is 0.0953. The van der Waals surface area contributed by atoms with Crippen LogP contribution in [0.5, 0.6) is 0 Å². The Bertz CT molecular complexity index is 1210. The first kappa shape index (κ1) is 33.9. The molecule has 1 aromatic rings. The van der Waals surface area contributed by atoms with Gasteiger partial charge in [-0.05, 0) is 43.0 Å². The molecule has 0 saturated carbocycles. The van der Waals surface area contributed by atoms with Gasteiger partial charge in [-0.1, -0.05) is 32.1 Å². The van der Waals surface area contributed by atoms with E-state index in [2.05, 4.69) is 16.0 Å². The number of ether oxygens (including phenoxy) is 1. The smallest absolute Gasteiger partial charge is 0.302 e. The van der Waals surface area contributed by atoms with E-state index in [0.717, 1.165) is 6.08 Å². The molecule has 220 valence electrons. The summed E-state index contributed by atoms with van der Waals surface area (Å²) in [4.78, 5) is 72.3. The minimum atomic E-state index is -4.98. The van der Waals surface area contributed by atoms with Crippen LogP contribution in [0.3, 0.4) is 0 Å². The summed E-state index contributed by atoms with van der Waals surface area (Å²) in [5, 5.41) is 5.10. The highest BCUT2D eigenvalue weighted by Gasteiger charge is 2.35. The average molecular weight is 583 g/mol. The normalized spacial score (nSPS) is 12.8. The molecule has 1 aromatic carbocycles. The van der Waals surface area contributed by atoms with Crippen molar-refractivity contribution in [3.05, 3.63) is 42.0 Å². The lowest BCUT2D eigenvalue weighted by molar-refractivity contribution is -0.142. The molecule has 5 amide bonds. The molecule has 0 spiro atoms. The number of benzene rings is 1. The van der Waals surface area contributed by atoms with Gasteiger partial charge in [0.25, 0.3) is 16.0 Å². The van der Waals surface area contributed by atoms with E-state index in [1.807, 2.05) is 0 Å². The molecule has 14 nitrogen and oxygen atoms in total. The van der Waals surface area contributed by atoms with Crippen molar-refractivity contribution in [1.29, 1.82) is 0 Å². The van der Waals surface area contributed by atoms with Crippen LogP contribution in [0.2, 0.25) is 0 Å². The van der Waals surface area contributed by atoms with Crippen molar-refractivity contribution in [1.82, 2.24) is 15.5 Å². The molecule has 1 rings (SSSR count). The largest absolute Gasteiger partial charge is 0.461 e. The van der Waals surface area contributed by atoms with E-state index in [4.69, 9.17) is 4.74 Å². The number of esters is 1. The van der Waals surface area contributed by atoms with Crippen LogP contribution in [0.15, 0.2) is 36.4 Å². The number of carbonyl (C=O) groups is 6. The molecule has 4 N–H and O–H groups in total. The average Bonchev–Trinajstić information content (AvgIpc) is 2.87. The Hall–Kier alpha value is -4.11. The summed E-state index contributed by atoms with van der Waals surface area (Å²) < 4.78 is 38.2. The number of amides is 5. The molecule has 0 radical (unpaired) electrons. The summed E-state index contributed by atoms with van der Waals surface area (Å²) in [7, 11) is -4.98. The number of nitrogens with zero attached hydrogens (tertiary/aromatic N) is 1. The molecule has 0 aliphatic heterocycles. The summed E-state index contributed by atoms with van der Waals surface area (Å²) in [6.07, 6.45) is 1.96. The molecule has 40 heavy (non-hydrogen) atoms. The van der Waals surface area contributed by atoms with E-state index in [1.165, 1.54) is 19.9 Å². The number of anilines is 1. The van der Waals surface area contributed by atoms with Gasteiger partial charge in [0.15, 0.2) is 5.25 Å². The van der Waals surface area contributed by atoms with Gasteiger partial charge < -0.3 is 20.7 Å². The predicted octanol–water partition coefficient (Wildman–Crippen LogP) is 0.153. The number of hydrogen-bond donors (Lipinski definition) is 4. The molecule has 0 bridgehead atoms. The fraction of sp³-hybridized carbons (Fsp3) is 0.440. The molecule has 0 aliphatic carbocycles. The van der Waals surface area contributed by atoms with Gasteiger partial charge in [-0.3, -0.25) is 38.2 Å². The first-order chi connectivity index (χ1) is 18.7. The number of nitrogens with one attached hydrogen (secondary N) is 3. The van der Waals surface area contributed by atoms with Crippen molar-refractivity contribution in [3.8, 4) is 0 Å². The SMILES string of the molecule is C/C=C\C(=O)N(C=O)CCC(C(=O)NC(C(=O)NCC(=O)Nc1ccc(COC(C)=O)cc1)C(C)C)S(=O)(=O)O. The van der Waals surface area contributed by atoms with Gasteiger partial charge in [0.2, 0.25) is 24.1 Å². The van der Waals surface area contributed by atoms with Gasteiger partial charge in [-0.15, -0.1) is 0 Å². The summed E-state index contributed by atoms with van der Waals surface area (Å²) in [5.74, 6) is -4.34. The van der Waals surface area contributed by atoms with Crippen molar-refractivity contribution in [2.24, 2.45) is 5.92 Å². The first-order valence-corrected chi connectivity index (χ1v) is 13.6. The second-order valence-corrected chi connectivity index (χ2v) is 10.5. The van der Waals surface area contributed by atoms with Crippen LogP contribution in [-0.2, 0) is 50.2 Å². The third kappa shape index (κ3) is 11.7. The van der Waals surface area contributed by atoms with Gasteiger partial charge in [-0.2, -0.15) is 8.42 Å². The van der Waals surface area contributed by atoms with Gasteiger partial charge in [0, 0.05) is 19.2 Å². The van der Waals surface area contributed by atoms with Crippen molar-refractivity contribution in [3.63, 3.8) is 0 Å². The molecular weight excluding hydrogens is 548 g/mol. The van der Waals surface area contributed by atoms with E-state index in [9.17, 15) is 41.7 Å². The maximum atomic E-state index is 12.8. The lowest BCUT2D eigenvalue weighted by Crippen LogP contribution is -2.54. The third-order valence-corrected chi connectivity index (χ3v) is 6.52. The topological polar surface area (TPSA) is 205 Å². The number of carbonyl (C=O) groups excluding carboxylic acids is 6. The van der Waals surface area contributed by atoms with Gasteiger partial charge >= 0.3 is 5.97 Å². The van der Waals surface area contributed by atoms with Crippen LogP contribution in [-0.4, -0.2) is 78.3 Å². The molecule has 0 aliphatic rings. The van der Waals surface area contributed by atoms with Crippen LogP contribution in [0, 0.1) is 5.92 Å². The Balaban J connectivity index is 2.79. The van der Waals surface area contributed by atoms with Crippen molar-refractivity contribution in [2.75, 3.05) is 18.4 Å². The zero-order valence-electron chi connectivity index (χ0n) is 22.6. The fourth-order valence-electron chi connectivity index (χ4n) is 3.26. The highest BCUT2D eigenvalue weighted by atomic mass is 32.2. The molecule has 15 heteroatoms. The maximum Gasteiger partial charge on any atom is 0.302 e. The molecule has 2 unspecified atom stereocenters. The molecule has 0 heterocycles. The zero-order chi connectivity index (χ0) is 30.5. The zero-order valence-corrected chi connectivity index (χ0v) is 23.4. The van der Waals surface area contributed by atoms with Gasteiger partial charge in [0.05, 0.1) is 6.54 Å². The Labute approximate surface area is 232 Å². The van der Waals surface area contributed by atoms with Gasteiger partial charge in [-0.25, -0.2) is 0 Å². The monoisotopic (exact) mass is 582 g/mol. The minimum Gasteiger partial charge on any atom is -0.461 e. The summed E-state index contributed by atoms with van der Waals surface area (Å²) in [6.45, 7) is 5.05. The van der Waals surface area contributed by atoms with Crippen molar-refractivity contribution < 1.29 is 46.5 Å². The second-order valence-electron chi connectivity index (χ2n) is 8.90. The Morgan fingerprint density at radius 3 is 2.20 bits per heavy atom. The Kier molecular flexibility index (Phi) is 13.7. The fourth-order valence-corrected chi connectivity index (χ4v) is 4.00. The maximum absolute atomic E-state index is 12.8. The first-order valence-electron chi connectivity index (χ1n) is 12.1. The lowest BCUT2D eigenvalue weighted by atomic mass is 10.0. The van der Waals surface area contributed by atoms with Crippen LogP contribution < -0.4 is 16.0 Å². The Morgan fingerprint density at radius 2 is 1.70 bits per heavy atom. The predicted molar refractivity (Wildman–Crippen MR) is 143 cm³/mol. The third-order valence-electron chi connectivity index (χ3n) is 5.35. The molecular formula is C25H34N4O10S. The Morgan fingerprint density at radius 1 is 1.07 bits per heavy atom. The van der Waals surface area contributed by atoms with Crippen LogP contribution in [0.25, 0.3) is 0 Å². The van der Waals surface area contributed by atoms with Gasteiger partial charge in [0.1, 0.15) is 12.6 Å². The second kappa shape index (κ2) is 16.1. The van der Waals surface area contributed by atoms with E-state index in [1.54, 1.807) is 38.1 Å². The number of imide groups is 1. The standard InChI is InChI=1S/C25H34N4O10S/c1-5-6-22(33)29(15-30)12-11-20(40(36,37)38)24(34)28-23(16(2)3)25(35)26-13-21(32)27-19-9-7-18(8-10-19)14-39-17(4)31/h5-10,15-16,20,23H,11-14H2,1-4H3,(H,26,35)(H,27,32)(H,28,34)(H,36,37,38)/b6-5-. The summed E-state index contributed by atoms with van der Waals surface area (Å²) in [6, 6.07) is 5.14. The van der Waals surface area contributed by atoms with E-state index >= 15 is 0 Å². The van der Waals surface area contributed by atoms with E-state index < -0.39 is 76.4 Å². The highest BCUT2D eigenvalue weighted by Crippen LogP contribution is 2.12. The van der Waals surface area contributed by atoms with Crippen LogP contribution >= 0.6 is 0 Å².